The normalized spacial score (nSPS) is 18.2. The Kier molecular flexibility index (Phi) is 4.79. The van der Waals surface area contributed by atoms with E-state index in [1.54, 1.807) is 0 Å². The summed E-state index contributed by atoms with van der Waals surface area (Å²) >= 11 is 0. The minimum atomic E-state index is 0.509. The second-order valence-corrected chi connectivity index (χ2v) is 6.26. The molecule has 0 aliphatic carbocycles. The van der Waals surface area contributed by atoms with Gasteiger partial charge in [0.1, 0.15) is 12.4 Å². The molecule has 0 saturated carbocycles. The SMILES string of the molecule is Cc1cc([C@H]2CCCCN2)cc(C)c1OCc1ccccc1. The van der Waals surface area contributed by atoms with E-state index in [9.17, 15) is 0 Å². The lowest BCUT2D eigenvalue weighted by Crippen LogP contribution is -2.26. The van der Waals surface area contributed by atoms with E-state index >= 15 is 0 Å². The van der Waals surface area contributed by atoms with Gasteiger partial charge < -0.3 is 10.1 Å². The number of ether oxygens (including phenoxy) is 1. The van der Waals surface area contributed by atoms with Gasteiger partial charge >= 0.3 is 0 Å². The molecular weight excluding hydrogens is 270 g/mol. The lowest BCUT2D eigenvalue weighted by molar-refractivity contribution is 0.301. The van der Waals surface area contributed by atoms with Crippen molar-refractivity contribution in [1.82, 2.24) is 5.32 Å². The first-order chi connectivity index (χ1) is 10.7. The molecule has 116 valence electrons. The van der Waals surface area contributed by atoms with Crippen LogP contribution in [0.5, 0.6) is 5.75 Å². The van der Waals surface area contributed by atoms with Crippen molar-refractivity contribution >= 4 is 0 Å². The molecule has 1 aliphatic heterocycles. The van der Waals surface area contributed by atoms with E-state index in [1.165, 1.54) is 41.5 Å². The van der Waals surface area contributed by atoms with Crippen LogP contribution in [-0.2, 0) is 6.61 Å². The van der Waals surface area contributed by atoms with Gasteiger partial charge in [-0.3, -0.25) is 0 Å². The fourth-order valence-corrected chi connectivity index (χ4v) is 3.28. The van der Waals surface area contributed by atoms with Gasteiger partial charge in [-0.05, 0) is 55.5 Å². The summed E-state index contributed by atoms with van der Waals surface area (Å²) in [7, 11) is 0. The van der Waals surface area contributed by atoms with Crippen LogP contribution >= 0.6 is 0 Å². The molecule has 0 radical (unpaired) electrons. The number of rotatable bonds is 4. The third-order valence-electron chi connectivity index (χ3n) is 4.42. The monoisotopic (exact) mass is 295 g/mol. The molecule has 1 saturated heterocycles. The van der Waals surface area contributed by atoms with E-state index < -0.39 is 0 Å². The summed E-state index contributed by atoms with van der Waals surface area (Å²) in [5.74, 6) is 1.03. The second kappa shape index (κ2) is 6.97. The maximum Gasteiger partial charge on any atom is 0.125 e. The van der Waals surface area contributed by atoms with Gasteiger partial charge in [0.25, 0.3) is 0 Å². The number of aryl methyl sites for hydroxylation is 2. The first-order valence-corrected chi connectivity index (χ1v) is 8.25. The molecule has 0 spiro atoms. The van der Waals surface area contributed by atoms with Crippen LogP contribution in [0.25, 0.3) is 0 Å². The van der Waals surface area contributed by atoms with Gasteiger partial charge in [-0.2, -0.15) is 0 Å². The number of piperidine rings is 1. The Labute approximate surface area is 133 Å². The van der Waals surface area contributed by atoms with E-state index in [4.69, 9.17) is 4.74 Å². The lowest BCUT2D eigenvalue weighted by Gasteiger charge is -2.25. The molecule has 2 heteroatoms. The summed E-state index contributed by atoms with van der Waals surface area (Å²) in [5, 5.41) is 3.63. The van der Waals surface area contributed by atoms with Gasteiger partial charge in [-0.15, -0.1) is 0 Å². The minimum absolute atomic E-state index is 0.509. The van der Waals surface area contributed by atoms with Gasteiger partial charge in [0.2, 0.25) is 0 Å². The first-order valence-electron chi connectivity index (χ1n) is 8.25. The molecule has 1 N–H and O–H groups in total. The van der Waals surface area contributed by atoms with Crippen LogP contribution < -0.4 is 10.1 Å². The van der Waals surface area contributed by atoms with Crippen molar-refractivity contribution in [3.05, 3.63) is 64.7 Å². The standard InChI is InChI=1S/C20H25NO/c1-15-12-18(19-10-6-7-11-21-19)13-16(2)20(15)22-14-17-8-4-3-5-9-17/h3-5,8-9,12-13,19,21H,6-7,10-11,14H2,1-2H3/t19-/m1/s1. The van der Waals surface area contributed by atoms with Crippen LogP contribution in [0.15, 0.2) is 42.5 Å². The Morgan fingerprint density at radius 3 is 2.41 bits per heavy atom. The smallest absolute Gasteiger partial charge is 0.125 e. The lowest BCUT2D eigenvalue weighted by atomic mass is 9.94. The number of hydrogen-bond donors (Lipinski definition) is 1. The molecule has 1 heterocycles. The quantitative estimate of drug-likeness (QED) is 0.883. The molecule has 3 rings (SSSR count). The molecule has 0 aromatic heterocycles. The zero-order chi connectivity index (χ0) is 15.4. The van der Waals surface area contributed by atoms with Crippen LogP contribution in [0.4, 0.5) is 0 Å². The second-order valence-electron chi connectivity index (χ2n) is 6.26. The van der Waals surface area contributed by atoms with Gasteiger partial charge in [0.05, 0.1) is 0 Å². The highest BCUT2D eigenvalue weighted by molar-refractivity contribution is 5.44. The Hall–Kier alpha value is -1.80. The summed E-state index contributed by atoms with van der Waals surface area (Å²) in [6, 6.07) is 15.4. The average Bonchev–Trinajstić information content (AvgIpc) is 2.56. The highest BCUT2D eigenvalue weighted by atomic mass is 16.5. The third-order valence-corrected chi connectivity index (χ3v) is 4.42. The van der Waals surface area contributed by atoms with E-state index in [0.717, 1.165) is 12.3 Å². The Morgan fingerprint density at radius 2 is 1.77 bits per heavy atom. The van der Waals surface area contributed by atoms with Crippen molar-refractivity contribution < 1.29 is 4.74 Å². The van der Waals surface area contributed by atoms with Crippen LogP contribution in [0.2, 0.25) is 0 Å². The van der Waals surface area contributed by atoms with Crippen LogP contribution in [0.1, 0.15) is 47.6 Å². The van der Waals surface area contributed by atoms with Crippen molar-refractivity contribution in [2.45, 2.75) is 45.8 Å². The molecule has 2 aromatic rings. The maximum atomic E-state index is 6.08. The summed E-state index contributed by atoms with van der Waals surface area (Å²) in [4.78, 5) is 0. The molecule has 2 aromatic carbocycles. The van der Waals surface area contributed by atoms with Crippen molar-refractivity contribution in [1.29, 1.82) is 0 Å². The fourth-order valence-electron chi connectivity index (χ4n) is 3.28. The molecule has 1 aliphatic rings. The average molecular weight is 295 g/mol. The number of benzene rings is 2. The fraction of sp³-hybridized carbons (Fsp3) is 0.400. The summed E-state index contributed by atoms with van der Waals surface area (Å²) in [6.45, 7) is 6.07. The molecule has 0 amide bonds. The van der Waals surface area contributed by atoms with E-state index in [0.29, 0.717) is 12.6 Å². The predicted octanol–water partition coefficient (Wildman–Crippen LogP) is 4.70. The highest BCUT2D eigenvalue weighted by Crippen LogP contribution is 2.31. The van der Waals surface area contributed by atoms with Crippen molar-refractivity contribution in [3.8, 4) is 5.75 Å². The van der Waals surface area contributed by atoms with E-state index in [1.807, 2.05) is 6.07 Å². The van der Waals surface area contributed by atoms with Gasteiger partial charge in [-0.1, -0.05) is 48.9 Å². The van der Waals surface area contributed by atoms with Gasteiger partial charge in [0.15, 0.2) is 0 Å². The predicted molar refractivity (Wildman–Crippen MR) is 91.3 cm³/mol. The van der Waals surface area contributed by atoms with Crippen LogP contribution in [0, 0.1) is 13.8 Å². The van der Waals surface area contributed by atoms with E-state index in [2.05, 4.69) is 55.6 Å². The van der Waals surface area contributed by atoms with Crippen molar-refractivity contribution in [2.24, 2.45) is 0 Å². The number of nitrogens with one attached hydrogen (secondary N) is 1. The van der Waals surface area contributed by atoms with Crippen LogP contribution in [0.3, 0.4) is 0 Å². The zero-order valence-corrected chi connectivity index (χ0v) is 13.6. The highest BCUT2D eigenvalue weighted by Gasteiger charge is 2.17. The Bertz CT molecular complexity index is 592. The molecule has 1 atom stereocenters. The molecule has 0 bridgehead atoms. The molecule has 22 heavy (non-hydrogen) atoms. The summed E-state index contributed by atoms with van der Waals surface area (Å²) < 4.78 is 6.08. The van der Waals surface area contributed by atoms with Crippen molar-refractivity contribution in [3.63, 3.8) is 0 Å². The van der Waals surface area contributed by atoms with Crippen molar-refractivity contribution in [2.75, 3.05) is 6.54 Å². The first kappa shape index (κ1) is 15.1. The summed E-state index contributed by atoms with van der Waals surface area (Å²) in [5.41, 5.74) is 5.08. The van der Waals surface area contributed by atoms with Gasteiger partial charge in [-0.25, -0.2) is 0 Å². The molecular formula is C20H25NO. The Morgan fingerprint density at radius 1 is 1.05 bits per heavy atom. The number of hydrogen-bond acceptors (Lipinski definition) is 2. The van der Waals surface area contributed by atoms with Crippen LogP contribution in [-0.4, -0.2) is 6.54 Å². The molecule has 2 nitrogen and oxygen atoms in total. The third kappa shape index (κ3) is 3.50. The van der Waals surface area contributed by atoms with Gasteiger partial charge in [0, 0.05) is 6.04 Å². The zero-order valence-electron chi connectivity index (χ0n) is 13.6. The maximum absolute atomic E-state index is 6.08. The minimum Gasteiger partial charge on any atom is -0.488 e. The summed E-state index contributed by atoms with van der Waals surface area (Å²) in [6.07, 6.45) is 3.86. The molecule has 0 unspecified atom stereocenters. The molecule has 1 fully saturated rings. The topological polar surface area (TPSA) is 21.3 Å². The Balaban J connectivity index is 1.74. The largest absolute Gasteiger partial charge is 0.488 e. The van der Waals surface area contributed by atoms with E-state index in [-0.39, 0.29) is 0 Å².